The zero-order chi connectivity index (χ0) is 22.4. The van der Waals surface area contributed by atoms with Crippen LogP contribution in [0.5, 0.6) is 0 Å². The zero-order valence-corrected chi connectivity index (χ0v) is 17.2. The van der Waals surface area contributed by atoms with Crippen LogP contribution < -0.4 is 11.1 Å². The lowest BCUT2D eigenvalue weighted by atomic mass is 10.0. The summed E-state index contributed by atoms with van der Waals surface area (Å²) in [5.74, 6) is -1.70. The number of carboxylic acid groups (broad SMARTS) is 1. The summed E-state index contributed by atoms with van der Waals surface area (Å²) in [6.07, 6.45) is 1.83. The first-order chi connectivity index (χ1) is 14.8. The second kappa shape index (κ2) is 10.2. The Kier molecular flexibility index (Phi) is 7.36. The van der Waals surface area contributed by atoms with Crippen LogP contribution in [0.1, 0.15) is 40.7 Å². The molecule has 0 radical (unpaired) electrons. The fourth-order valence-corrected chi connectivity index (χ4v) is 3.82. The quantitative estimate of drug-likeness (QED) is 0.589. The third-order valence-corrected chi connectivity index (χ3v) is 5.47. The molecule has 2 aromatic carbocycles. The number of quaternary nitrogens is 1. The second-order valence-corrected chi connectivity index (χ2v) is 7.83. The van der Waals surface area contributed by atoms with Gasteiger partial charge in [0.25, 0.3) is 0 Å². The molecule has 0 aliphatic carbocycles. The molecule has 1 saturated heterocycles. The molecule has 5 N–H and O–H groups in total. The maximum Gasteiger partial charge on any atom is 0.335 e. The number of carboxylic acids is 1. The van der Waals surface area contributed by atoms with E-state index in [2.05, 4.69) is 11.1 Å². The van der Waals surface area contributed by atoms with Crippen molar-refractivity contribution in [3.05, 3.63) is 71.0 Å². The predicted molar refractivity (Wildman–Crippen MR) is 111 cm³/mol. The van der Waals surface area contributed by atoms with E-state index in [9.17, 15) is 18.8 Å². The van der Waals surface area contributed by atoms with Crippen molar-refractivity contribution in [3.8, 4) is 0 Å². The number of benzene rings is 2. The molecule has 1 aliphatic heterocycles. The Bertz CT molecular complexity index is 948. The molecule has 1 fully saturated rings. The van der Waals surface area contributed by atoms with Crippen molar-refractivity contribution in [1.29, 1.82) is 0 Å². The highest BCUT2D eigenvalue weighted by atomic mass is 19.1. The normalized spacial score (nSPS) is 16.7. The van der Waals surface area contributed by atoms with E-state index in [4.69, 9.17) is 5.11 Å². The first kappa shape index (κ1) is 22.4. The first-order valence-electron chi connectivity index (χ1n) is 10.3. The lowest BCUT2D eigenvalue weighted by molar-refractivity contribution is -0.418. The summed E-state index contributed by atoms with van der Waals surface area (Å²) in [4.78, 5) is 37.9. The number of carbonyl (C=O) groups excluding carboxylic acids is 2. The van der Waals surface area contributed by atoms with E-state index < -0.39 is 12.0 Å². The first-order valence-corrected chi connectivity index (χ1v) is 10.3. The van der Waals surface area contributed by atoms with Gasteiger partial charge in [-0.05, 0) is 42.2 Å². The van der Waals surface area contributed by atoms with Crippen LogP contribution in [0.15, 0.2) is 48.5 Å². The number of nitrogens with one attached hydrogen (secondary N) is 1. The third kappa shape index (κ3) is 5.88. The molecule has 1 unspecified atom stereocenters. The average Bonchev–Trinajstić information content (AvgIpc) is 3.24. The minimum absolute atomic E-state index is 0.148. The summed E-state index contributed by atoms with van der Waals surface area (Å²) in [7, 11) is 0. The van der Waals surface area contributed by atoms with Crippen molar-refractivity contribution >= 4 is 17.8 Å². The van der Waals surface area contributed by atoms with E-state index in [-0.39, 0.29) is 42.2 Å². The largest absolute Gasteiger partial charge is 0.478 e. The van der Waals surface area contributed by atoms with Crippen molar-refractivity contribution in [2.24, 2.45) is 0 Å². The van der Waals surface area contributed by atoms with Gasteiger partial charge in [-0.25, -0.2) is 9.18 Å². The van der Waals surface area contributed by atoms with Gasteiger partial charge in [-0.1, -0.05) is 30.3 Å². The van der Waals surface area contributed by atoms with E-state index in [0.29, 0.717) is 24.9 Å². The maximum absolute atomic E-state index is 13.8. The van der Waals surface area contributed by atoms with Gasteiger partial charge >= 0.3 is 5.97 Å². The highest BCUT2D eigenvalue weighted by Crippen LogP contribution is 2.20. The number of likely N-dealkylation sites (tertiary alicyclic amines) is 1. The van der Waals surface area contributed by atoms with Gasteiger partial charge in [0.1, 0.15) is 11.9 Å². The molecule has 31 heavy (non-hydrogen) atoms. The van der Waals surface area contributed by atoms with Crippen molar-refractivity contribution in [2.75, 3.05) is 6.54 Å². The molecule has 1 aliphatic rings. The topological polar surface area (TPSA) is 114 Å². The summed E-state index contributed by atoms with van der Waals surface area (Å²) < 4.78 is 13.8. The smallest absolute Gasteiger partial charge is 0.335 e. The van der Waals surface area contributed by atoms with Crippen LogP contribution in [-0.4, -0.2) is 46.4 Å². The van der Waals surface area contributed by atoms with E-state index >= 15 is 0 Å². The summed E-state index contributed by atoms with van der Waals surface area (Å²) in [5.41, 5.74) is 5.48. The molecule has 0 saturated carbocycles. The van der Waals surface area contributed by atoms with E-state index in [1.54, 1.807) is 35.2 Å². The lowest BCUT2D eigenvalue weighted by Gasteiger charge is -2.24. The summed E-state index contributed by atoms with van der Waals surface area (Å²) in [5, 5.41) is 11.8. The fourth-order valence-electron chi connectivity index (χ4n) is 3.82. The molecule has 0 aromatic heterocycles. The van der Waals surface area contributed by atoms with Gasteiger partial charge in [-0.15, -0.1) is 0 Å². The Labute approximate surface area is 180 Å². The number of hydrogen-bond acceptors (Lipinski definition) is 3. The molecule has 3 rings (SSSR count). The SMILES string of the molecule is [NH3+]C(CC(=O)N1CCC[C@H]1C(=O)NCc1ccc(C(=O)O)cc1)Cc1ccccc1F. The maximum atomic E-state index is 13.8. The minimum Gasteiger partial charge on any atom is -0.478 e. The number of amides is 2. The van der Waals surface area contributed by atoms with E-state index in [1.165, 1.54) is 18.2 Å². The molecule has 164 valence electrons. The standard InChI is InChI=1S/C23H26FN3O4/c24-19-5-2-1-4-17(19)12-18(25)13-21(28)27-11-3-6-20(27)22(29)26-14-15-7-9-16(10-8-15)23(30)31/h1-2,4-5,7-10,18,20H,3,6,11-14,25H2,(H,26,29)(H,30,31)/p+1/t18?,20-/m0/s1. The molecule has 7 nitrogen and oxygen atoms in total. The van der Waals surface area contributed by atoms with Crippen molar-refractivity contribution < 1.29 is 29.6 Å². The number of nitrogens with zero attached hydrogens (tertiary/aromatic N) is 1. The van der Waals surface area contributed by atoms with Crippen LogP contribution in [0, 0.1) is 5.82 Å². The van der Waals surface area contributed by atoms with Gasteiger partial charge in [0.05, 0.1) is 18.0 Å². The molecule has 1 heterocycles. The van der Waals surface area contributed by atoms with Crippen molar-refractivity contribution in [3.63, 3.8) is 0 Å². The monoisotopic (exact) mass is 428 g/mol. The van der Waals surface area contributed by atoms with Gasteiger partial charge in [-0.3, -0.25) is 9.59 Å². The van der Waals surface area contributed by atoms with Gasteiger partial charge < -0.3 is 21.1 Å². The van der Waals surface area contributed by atoms with Gasteiger partial charge in [0.15, 0.2) is 0 Å². The van der Waals surface area contributed by atoms with E-state index in [0.717, 1.165) is 12.0 Å². The number of rotatable bonds is 8. The summed E-state index contributed by atoms with van der Waals surface area (Å²) in [6, 6.07) is 11.9. The summed E-state index contributed by atoms with van der Waals surface area (Å²) in [6.45, 7) is 0.763. The van der Waals surface area contributed by atoms with Crippen LogP contribution in [0.4, 0.5) is 4.39 Å². The highest BCUT2D eigenvalue weighted by Gasteiger charge is 2.34. The number of carbonyl (C=O) groups is 3. The van der Waals surface area contributed by atoms with Crippen LogP contribution in [0.2, 0.25) is 0 Å². The summed E-state index contributed by atoms with van der Waals surface area (Å²) >= 11 is 0. The molecular weight excluding hydrogens is 401 g/mol. The van der Waals surface area contributed by atoms with E-state index in [1.807, 2.05) is 0 Å². The highest BCUT2D eigenvalue weighted by molar-refractivity contribution is 5.89. The Morgan fingerprint density at radius 2 is 1.87 bits per heavy atom. The Balaban J connectivity index is 1.53. The Hall–Kier alpha value is -3.26. The fraction of sp³-hybridized carbons (Fsp3) is 0.348. The number of aromatic carboxylic acids is 1. The molecule has 2 amide bonds. The lowest BCUT2D eigenvalue weighted by Crippen LogP contribution is -2.63. The third-order valence-electron chi connectivity index (χ3n) is 5.47. The van der Waals surface area contributed by atoms with Gasteiger partial charge in [0, 0.05) is 19.5 Å². The van der Waals surface area contributed by atoms with Gasteiger partial charge in [0.2, 0.25) is 11.8 Å². The van der Waals surface area contributed by atoms with Crippen LogP contribution in [-0.2, 0) is 22.6 Å². The van der Waals surface area contributed by atoms with Gasteiger partial charge in [-0.2, -0.15) is 0 Å². The molecule has 0 bridgehead atoms. The molecular formula is C23H27FN3O4+. The van der Waals surface area contributed by atoms with Crippen molar-refractivity contribution in [2.45, 2.75) is 44.3 Å². The van der Waals surface area contributed by atoms with Crippen LogP contribution in [0.25, 0.3) is 0 Å². The molecule has 8 heteroatoms. The molecule has 2 aromatic rings. The van der Waals surface area contributed by atoms with Crippen LogP contribution in [0.3, 0.4) is 0 Å². The number of hydrogen-bond donors (Lipinski definition) is 3. The zero-order valence-electron chi connectivity index (χ0n) is 17.2. The van der Waals surface area contributed by atoms with Crippen LogP contribution >= 0.6 is 0 Å². The van der Waals surface area contributed by atoms with Crippen molar-refractivity contribution in [1.82, 2.24) is 10.2 Å². The molecule has 2 atom stereocenters. The minimum atomic E-state index is -1.01. The second-order valence-electron chi connectivity index (χ2n) is 7.83. The molecule has 0 spiro atoms. The Morgan fingerprint density at radius 1 is 1.16 bits per heavy atom. The predicted octanol–water partition coefficient (Wildman–Crippen LogP) is 1.37. The number of halogens is 1. The average molecular weight is 428 g/mol. The Morgan fingerprint density at radius 3 is 2.55 bits per heavy atom.